The first-order valence-electron chi connectivity index (χ1n) is 9.34. The van der Waals surface area contributed by atoms with Crippen LogP contribution < -0.4 is 15.9 Å². The SMILES string of the molecule is Oc1cc(I)ccc1C[PH](c1ccccc1)(c1ccccc1)c1ccccc1. The summed E-state index contributed by atoms with van der Waals surface area (Å²) < 4.78 is 1.05. The minimum absolute atomic E-state index is 0.381. The predicted octanol–water partition coefficient (Wildman–Crippen LogP) is 5.22. The van der Waals surface area contributed by atoms with Crippen molar-refractivity contribution in [3.8, 4) is 5.75 Å². The van der Waals surface area contributed by atoms with Crippen molar-refractivity contribution in [2.75, 3.05) is 0 Å². The summed E-state index contributed by atoms with van der Waals surface area (Å²) in [7, 11) is -2.38. The number of phenols is 1. The van der Waals surface area contributed by atoms with Gasteiger partial charge in [-0.25, -0.2) is 0 Å². The van der Waals surface area contributed by atoms with Crippen LogP contribution in [0.2, 0.25) is 0 Å². The average molecular weight is 496 g/mol. The summed E-state index contributed by atoms with van der Waals surface area (Å²) in [5.74, 6) is 0.381. The van der Waals surface area contributed by atoms with Crippen molar-refractivity contribution < 1.29 is 5.11 Å². The molecule has 0 spiro atoms. The number of hydrogen-bond donors (Lipinski definition) is 1. The molecule has 0 aromatic heterocycles. The molecule has 3 heteroatoms. The molecule has 0 saturated carbocycles. The molecule has 0 aliphatic carbocycles. The molecule has 28 heavy (non-hydrogen) atoms. The summed E-state index contributed by atoms with van der Waals surface area (Å²) in [6.45, 7) is 0. The third-order valence-electron chi connectivity index (χ3n) is 5.30. The molecule has 4 aromatic rings. The molecule has 0 radical (unpaired) electrons. The first-order chi connectivity index (χ1) is 13.7. The molecular formula is C25H22IOP. The number of rotatable bonds is 5. The zero-order valence-electron chi connectivity index (χ0n) is 15.4. The zero-order chi connectivity index (χ0) is 19.4. The molecule has 1 nitrogen and oxygen atoms in total. The standard InChI is InChI=1S/C25H22IOP/c26-21-17-16-20(25(27)18-21)19-28(22-10-4-1-5-11-22,23-12-6-2-7-13-23)24-14-8-3-9-15-24/h1-18,27-28H,19H2. The molecule has 0 fully saturated rings. The van der Waals surface area contributed by atoms with E-state index in [4.69, 9.17) is 0 Å². The quantitative estimate of drug-likeness (QED) is 0.297. The first kappa shape index (κ1) is 19.2. The Kier molecular flexibility index (Phi) is 5.79. The van der Waals surface area contributed by atoms with E-state index in [-0.39, 0.29) is 0 Å². The molecule has 4 rings (SSSR count). The molecule has 4 aromatic carbocycles. The maximum atomic E-state index is 10.7. The van der Waals surface area contributed by atoms with Crippen molar-refractivity contribution in [3.05, 3.63) is 118 Å². The normalized spacial score (nSPS) is 11.9. The van der Waals surface area contributed by atoms with Gasteiger partial charge in [0.15, 0.2) is 0 Å². The molecule has 0 bridgehead atoms. The number of aromatic hydroxyl groups is 1. The van der Waals surface area contributed by atoms with Crippen LogP contribution in [0.15, 0.2) is 109 Å². The van der Waals surface area contributed by atoms with Gasteiger partial charge < -0.3 is 0 Å². The van der Waals surface area contributed by atoms with Gasteiger partial charge in [0.2, 0.25) is 0 Å². The Morgan fingerprint density at radius 2 is 1.04 bits per heavy atom. The molecule has 0 unspecified atom stereocenters. The van der Waals surface area contributed by atoms with Crippen LogP contribution in [-0.2, 0) is 6.16 Å². The van der Waals surface area contributed by atoms with Gasteiger partial charge in [-0.3, -0.25) is 0 Å². The molecule has 0 heterocycles. The van der Waals surface area contributed by atoms with E-state index in [0.29, 0.717) is 5.75 Å². The van der Waals surface area contributed by atoms with Crippen molar-refractivity contribution in [1.82, 2.24) is 0 Å². The summed E-state index contributed by atoms with van der Waals surface area (Å²) in [6.07, 6.45) is 0.813. The molecule has 0 aliphatic heterocycles. The summed E-state index contributed by atoms with van der Waals surface area (Å²) in [5.41, 5.74) is 1.00. The number of benzene rings is 4. The van der Waals surface area contributed by atoms with Gasteiger partial charge in [0.05, 0.1) is 0 Å². The summed E-state index contributed by atoms with van der Waals surface area (Å²) in [6, 6.07) is 38.4. The van der Waals surface area contributed by atoms with E-state index in [0.717, 1.165) is 15.3 Å². The van der Waals surface area contributed by atoms with E-state index in [2.05, 4.69) is 126 Å². The minimum atomic E-state index is -2.38. The Labute approximate surface area is 180 Å². The summed E-state index contributed by atoms with van der Waals surface area (Å²) in [5, 5.41) is 14.8. The Morgan fingerprint density at radius 3 is 1.43 bits per heavy atom. The van der Waals surface area contributed by atoms with E-state index in [1.54, 1.807) is 0 Å². The maximum absolute atomic E-state index is 10.7. The van der Waals surface area contributed by atoms with Gasteiger partial charge in [0.25, 0.3) is 0 Å². The van der Waals surface area contributed by atoms with Crippen molar-refractivity contribution in [2.45, 2.75) is 6.16 Å². The van der Waals surface area contributed by atoms with Crippen molar-refractivity contribution in [1.29, 1.82) is 0 Å². The van der Waals surface area contributed by atoms with Gasteiger partial charge in [-0.15, -0.1) is 0 Å². The average Bonchev–Trinajstić information content (AvgIpc) is 2.75. The van der Waals surface area contributed by atoms with Gasteiger partial charge in [-0.1, -0.05) is 0 Å². The van der Waals surface area contributed by atoms with Gasteiger partial charge in [0.1, 0.15) is 0 Å². The van der Waals surface area contributed by atoms with Crippen LogP contribution in [0.5, 0.6) is 5.75 Å². The van der Waals surface area contributed by atoms with E-state index in [1.165, 1.54) is 15.9 Å². The van der Waals surface area contributed by atoms with Gasteiger partial charge in [-0.2, -0.15) is 0 Å². The second kappa shape index (κ2) is 8.46. The van der Waals surface area contributed by atoms with Crippen molar-refractivity contribution >= 4 is 45.8 Å². The molecule has 0 saturated heterocycles. The fourth-order valence-corrected chi connectivity index (χ4v) is 9.19. The fourth-order valence-electron chi connectivity index (χ4n) is 3.95. The number of halogens is 1. The topological polar surface area (TPSA) is 20.2 Å². The molecule has 0 amide bonds. The van der Waals surface area contributed by atoms with Gasteiger partial charge >= 0.3 is 181 Å². The van der Waals surface area contributed by atoms with Gasteiger partial charge in [-0.05, 0) is 0 Å². The van der Waals surface area contributed by atoms with Crippen LogP contribution in [0, 0.1) is 3.57 Å². The van der Waals surface area contributed by atoms with E-state index < -0.39 is 7.26 Å². The van der Waals surface area contributed by atoms with Crippen LogP contribution in [-0.4, -0.2) is 5.11 Å². The fraction of sp³-hybridized carbons (Fsp3) is 0.0400. The molecule has 1 N–H and O–H groups in total. The monoisotopic (exact) mass is 496 g/mol. The van der Waals surface area contributed by atoms with Crippen LogP contribution >= 0.6 is 29.9 Å². The predicted molar refractivity (Wildman–Crippen MR) is 131 cm³/mol. The Morgan fingerprint density at radius 1 is 0.607 bits per heavy atom. The van der Waals surface area contributed by atoms with E-state index >= 15 is 0 Å². The Balaban J connectivity index is 2.01. The second-order valence-corrected chi connectivity index (χ2v) is 12.1. The first-order valence-corrected chi connectivity index (χ1v) is 12.6. The summed E-state index contributed by atoms with van der Waals surface area (Å²) in [4.78, 5) is 0. The molecular weight excluding hydrogens is 474 g/mol. The zero-order valence-corrected chi connectivity index (χ0v) is 18.6. The summed E-state index contributed by atoms with van der Waals surface area (Å²) >= 11 is 2.25. The number of hydrogen-bond acceptors (Lipinski definition) is 1. The third-order valence-corrected chi connectivity index (χ3v) is 10.8. The second-order valence-electron chi connectivity index (χ2n) is 6.95. The third kappa shape index (κ3) is 3.72. The van der Waals surface area contributed by atoms with Crippen LogP contribution in [0.25, 0.3) is 0 Å². The van der Waals surface area contributed by atoms with E-state index in [1.807, 2.05) is 6.07 Å². The Hall–Kier alpha value is -2.16. The van der Waals surface area contributed by atoms with Gasteiger partial charge in [0, 0.05) is 0 Å². The van der Waals surface area contributed by atoms with Crippen molar-refractivity contribution in [3.63, 3.8) is 0 Å². The van der Waals surface area contributed by atoms with Crippen LogP contribution in [0.4, 0.5) is 0 Å². The van der Waals surface area contributed by atoms with Crippen LogP contribution in [0.3, 0.4) is 0 Å². The molecule has 0 aliphatic rings. The number of phenolic OH excluding ortho intramolecular Hbond substituents is 1. The van der Waals surface area contributed by atoms with E-state index in [9.17, 15) is 5.11 Å². The molecule has 140 valence electrons. The van der Waals surface area contributed by atoms with Crippen LogP contribution in [0.1, 0.15) is 5.56 Å². The Bertz CT molecular complexity index is 953. The van der Waals surface area contributed by atoms with Crippen molar-refractivity contribution in [2.24, 2.45) is 0 Å². The molecule has 0 atom stereocenters.